The van der Waals surface area contributed by atoms with Gasteiger partial charge in [0.1, 0.15) is 17.2 Å². The average molecular weight is 492 g/mol. The number of hydrogen-bond donors (Lipinski definition) is 3. The standard InChI is InChI=1S/C29H37N3O4/c1-4-5-6-26(30)21-9-7-20(8-10-21)18-32-28(33)19-36-23-13-11-22(12-14-23)29(31)25-16-15-24(34-2)17-27(25)35-3/h7-17,26,29H,4-6,18-19,30-31H2,1-3H3,(H,32,33). The lowest BCUT2D eigenvalue weighted by Gasteiger charge is -2.17. The minimum Gasteiger partial charge on any atom is -0.497 e. The number of ether oxygens (including phenoxy) is 3. The van der Waals surface area contributed by atoms with Crippen LogP contribution in [-0.4, -0.2) is 26.7 Å². The molecule has 0 spiro atoms. The Morgan fingerprint density at radius 2 is 1.56 bits per heavy atom. The molecule has 1 amide bonds. The first-order valence-electron chi connectivity index (χ1n) is 12.3. The average Bonchev–Trinajstić information content (AvgIpc) is 2.93. The van der Waals surface area contributed by atoms with Gasteiger partial charge in [-0.1, -0.05) is 56.2 Å². The number of hydrogen-bond acceptors (Lipinski definition) is 6. The molecule has 0 aliphatic rings. The lowest BCUT2D eigenvalue weighted by Crippen LogP contribution is -2.28. The molecule has 0 aliphatic heterocycles. The Kier molecular flexibility index (Phi) is 10.2. The minimum absolute atomic E-state index is 0.0566. The number of rotatable bonds is 13. The largest absolute Gasteiger partial charge is 0.497 e. The summed E-state index contributed by atoms with van der Waals surface area (Å²) < 4.78 is 16.4. The Labute approximate surface area is 213 Å². The van der Waals surface area contributed by atoms with Crippen LogP contribution in [0.2, 0.25) is 0 Å². The zero-order chi connectivity index (χ0) is 25.9. The molecule has 3 rings (SSSR count). The van der Waals surface area contributed by atoms with Gasteiger partial charge in [-0.05, 0) is 47.4 Å². The van der Waals surface area contributed by atoms with Crippen molar-refractivity contribution in [3.05, 3.63) is 89.0 Å². The van der Waals surface area contributed by atoms with Gasteiger partial charge in [-0.2, -0.15) is 0 Å². The molecular weight excluding hydrogens is 454 g/mol. The summed E-state index contributed by atoms with van der Waals surface area (Å²) >= 11 is 0. The second kappa shape index (κ2) is 13.5. The van der Waals surface area contributed by atoms with Crippen LogP contribution in [0.3, 0.4) is 0 Å². The third-order valence-corrected chi connectivity index (χ3v) is 6.15. The Balaban J connectivity index is 1.48. The SMILES string of the molecule is CCCCC(N)c1ccc(CNC(=O)COc2ccc(C(N)c3ccc(OC)cc3OC)cc2)cc1. The van der Waals surface area contributed by atoms with Gasteiger partial charge in [0.25, 0.3) is 5.91 Å². The summed E-state index contributed by atoms with van der Waals surface area (Å²) in [5, 5.41) is 2.89. The van der Waals surface area contributed by atoms with Gasteiger partial charge in [-0.15, -0.1) is 0 Å². The van der Waals surface area contributed by atoms with Crippen molar-refractivity contribution in [3.8, 4) is 17.2 Å². The normalized spacial score (nSPS) is 12.5. The van der Waals surface area contributed by atoms with E-state index in [-0.39, 0.29) is 24.6 Å². The number of carbonyl (C=O) groups excluding carboxylic acids is 1. The molecule has 192 valence electrons. The van der Waals surface area contributed by atoms with E-state index in [4.69, 9.17) is 25.7 Å². The van der Waals surface area contributed by atoms with Crippen LogP contribution in [0.4, 0.5) is 0 Å². The summed E-state index contributed by atoms with van der Waals surface area (Å²) in [7, 11) is 3.21. The number of benzene rings is 3. The molecular formula is C29H37N3O4. The maximum atomic E-state index is 12.3. The predicted octanol–water partition coefficient (Wildman–Crippen LogP) is 4.64. The summed E-state index contributed by atoms with van der Waals surface area (Å²) in [6.07, 6.45) is 3.23. The monoisotopic (exact) mass is 491 g/mol. The second-order valence-electron chi connectivity index (χ2n) is 8.71. The van der Waals surface area contributed by atoms with Gasteiger partial charge in [0.05, 0.1) is 20.3 Å². The lowest BCUT2D eigenvalue weighted by molar-refractivity contribution is -0.123. The van der Waals surface area contributed by atoms with Crippen molar-refractivity contribution < 1.29 is 19.0 Å². The maximum absolute atomic E-state index is 12.3. The van der Waals surface area contributed by atoms with Gasteiger partial charge >= 0.3 is 0 Å². The van der Waals surface area contributed by atoms with E-state index in [0.717, 1.165) is 41.5 Å². The van der Waals surface area contributed by atoms with Crippen molar-refractivity contribution in [1.29, 1.82) is 0 Å². The van der Waals surface area contributed by atoms with Crippen molar-refractivity contribution in [2.24, 2.45) is 11.5 Å². The molecule has 0 saturated heterocycles. The lowest BCUT2D eigenvalue weighted by atomic mass is 9.98. The highest BCUT2D eigenvalue weighted by Gasteiger charge is 2.15. The Morgan fingerprint density at radius 3 is 2.19 bits per heavy atom. The van der Waals surface area contributed by atoms with Crippen molar-refractivity contribution in [2.75, 3.05) is 20.8 Å². The van der Waals surface area contributed by atoms with Crippen LogP contribution in [0.15, 0.2) is 66.7 Å². The first-order valence-corrected chi connectivity index (χ1v) is 12.3. The highest BCUT2D eigenvalue weighted by Crippen LogP contribution is 2.32. The summed E-state index contributed by atoms with van der Waals surface area (Å²) in [5.74, 6) is 1.76. The van der Waals surface area contributed by atoms with E-state index in [0.29, 0.717) is 23.8 Å². The maximum Gasteiger partial charge on any atom is 0.258 e. The molecule has 36 heavy (non-hydrogen) atoms. The van der Waals surface area contributed by atoms with Crippen LogP contribution in [0, 0.1) is 0 Å². The van der Waals surface area contributed by atoms with Gasteiger partial charge < -0.3 is 31.0 Å². The van der Waals surface area contributed by atoms with Gasteiger partial charge in [0.15, 0.2) is 6.61 Å². The van der Waals surface area contributed by atoms with Gasteiger partial charge in [0.2, 0.25) is 0 Å². The van der Waals surface area contributed by atoms with E-state index in [9.17, 15) is 4.79 Å². The molecule has 0 aromatic heterocycles. The highest BCUT2D eigenvalue weighted by molar-refractivity contribution is 5.77. The quantitative estimate of drug-likeness (QED) is 0.321. The first kappa shape index (κ1) is 27.0. The molecule has 2 unspecified atom stereocenters. The Morgan fingerprint density at radius 1 is 0.889 bits per heavy atom. The molecule has 3 aromatic rings. The van der Waals surface area contributed by atoms with E-state index < -0.39 is 0 Å². The van der Waals surface area contributed by atoms with Crippen LogP contribution in [0.1, 0.15) is 60.5 Å². The van der Waals surface area contributed by atoms with Crippen LogP contribution in [0.25, 0.3) is 0 Å². The summed E-state index contributed by atoms with van der Waals surface area (Å²) in [6, 6.07) is 20.7. The molecule has 0 aliphatic carbocycles. The number of carbonyl (C=O) groups is 1. The fourth-order valence-corrected chi connectivity index (χ4v) is 3.90. The minimum atomic E-state index is -0.379. The van der Waals surface area contributed by atoms with E-state index in [1.54, 1.807) is 26.4 Å². The van der Waals surface area contributed by atoms with E-state index in [1.807, 2.05) is 54.6 Å². The van der Waals surface area contributed by atoms with Gasteiger partial charge in [-0.25, -0.2) is 0 Å². The Bertz CT molecular complexity index is 1100. The van der Waals surface area contributed by atoms with Crippen LogP contribution < -0.4 is 31.0 Å². The van der Waals surface area contributed by atoms with Gasteiger partial charge in [0, 0.05) is 24.2 Å². The zero-order valence-corrected chi connectivity index (χ0v) is 21.3. The molecule has 3 aromatic carbocycles. The third-order valence-electron chi connectivity index (χ3n) is 6.15. The Hall–Kier alpha value is -3.55. The van der Waals surface area contributed by atoms with E-state index in [2.05, 4.69) is 12.2 Å². The smallest absolute Gasteiger partial charge is 0.258 e. The van der Waals surface area contributed by atoms with Gasteiger partial charge in [-0.3, -0.25) is 4.79 Å². The topological polar surface area (TPSA) is 109 Å². The molecule has 0 radical (unpaired) electrons. The fraction of sp³-hybridized carbons (Fsp3) is 0.345. The van der Waals surface area contributed by atoms with Crippen LogP contribution in [0.5, 0.6) is 17.2 Å². The number of nitrogens with two attached hydrogens (primary N) is 2. The van der Waals surface area contributed by atoms with Crippen LogP contribution >= 0.6 is 0 Å². The van der Waals surface area contributed by atoms with Crippen molar-refractivity contribution >= 4 is 5.91 Å². The molecule has 0 saturated carbocycles. The second-order valence-corrected chi connectivity index (χ2v) is 8.71. The molecule has 0 bridgehead atoms. The molecule has 0 fully saturated rings. The number of methoxy groups -OCH3 is 2. The summed E-state index contributed by atoms with van der Waals surface area (Å²) in [4.78, 5) is 12.3. The number of amides is 1. The van der Waals surface area contributed by atoms with Crippen molar-refractivity contribution in [3.63, 3.8) is 0 Å². The third kappa shape index (κ3) is 7.47. The highest BCUT2D eigenvalue weighted by atomic mass is 16.5. The molecule has 0 heterocycles. The summed E-state index contributed by atoms with van der Waals surface area (Å²) in [5.41, 5.74) is 16.6. The predicted molar refractivity (Wildman–Crippen MR) is 142 cm³/mol. The van der Waals surface area contributed by atoms with Crippen molar-refractivity contribution in [1.82, 2.24) is 5.32 Å². The molecule has 7 heteroatoms. The molecule has 2 atom stereocenters. The van der Waals surface area contributed by atoms with E-state index >= 15 is 0 Å². The first-order chi connectivity index (χ1) is 17.4. The molecule has 7 nitrogen and oxygen atoms in total. The zero-order valence-electron chi connectivity index (χ0n) is 21.3. The number of nitrogens with one attached hydrogen (secondary N) is 1. The van der Waals surface area contributed by atoms with E-state index in [1.165, 1.54) is 0 Å². The summed E-state index contributed by atoms with van der Waals surface area (Å²) in [6.45, 7) is 2.52. The van der Waals surface area contributed by atoms with Crippen molar-refractivity contribution in [2.45, 2.75) is 44.8 Å². The number of unbranched alkanes of at least 4 members (excludes halogenated alkanes) is 1. The fourth-order valence-electron chi connectivity index (χ4n) is 3.90. The van der Waals surface area contributed by atoms with Crippen LogP contribution in [-0.2, 0) is 11.3 Å². The molecule has 5 N–H and O–H groups in total.